The third-order valence-electron chi connectivity index (χ3n) is 4.56. The fourth-order valence-electron chi connectivity index (χ4n) is 3.31. The van der Waals surface area contributed by atoms with Gasteiger partial charge in [-0.1, -0.05) is 17.4 Å². The number of likely N-dealkylation sites (tertiary alicyclic amines) is 1. The van der Waals surface area contributed by atoms with E-state index >= 15 is 0 Å². The SMILES string of the molecule is Cc1cc(C)c2nc(-n3nc(C)cc3NC(=O)CN3C(=O)CCC3=O)sc2c1. The molecule has 1 aliphatic rings. The Morgan fingerprint density at radius 1 is 1.14 bits per heavy atom. The van der Waals surface area contributed by atoms with Crippen LogP contribution >= 0.6 is 11.3 Å². The van der Waals surface area contributed by atoms with Crippen molar-refractivity contribution < 1.29 is 14.4 Å². The molecule has 9 heteroatoms. The summed E-state index contributed by atoms with van der Waals surface area (Å²) in [5, 5.41) is 7.83. The number of nitrogens with one attached hydrogen (secondary N) is 1. The molecule has 3 heterocycles. The number of aromatic nitrogens is 3. The number of carbonyl (C=O) groups excluding carboxylic acids is 3. The van der Waals surface area contributed by atoms with Gasteiger partial charge >= 0.3 is 0 Å². The molecule has 1 aromatic carbocycles. The topological polar surface area (TPSA) is 97.2 Å². The number of carbonyl (C=O) groups is 3. The van der Waals surface area contributed by atoms with Gasteiger partial charge in [0.25, 0.3) is 0 Å². The molecule has 8 nitrogen and oxygen atoms in total. The summed E-state index contributed by atoms with van der Waals surface area (Å²) >= 11 is 1.49. The number of hydrogen-bond donors (Lipinski definition) is 1. The van der Waals surface area contributed by atoms with Crippen molar-refractivity contribution in [3.8, 4) is 5.13 Å². The number of amides is 3. The Morgan fingerprint density at radius 2 is 1.86 bits per heavy atom. The van der Waals surface area contributed by atoms with E-state index in [4.69, 9.17) is 0 Å². The number of rotatable bonds is 4. The molecule has 0 aliphatic carbocycles. The molecule has 0 unspecified atom stereocenters. The average molecular weight is 397 g/mol. The zero-order valence-corrected chi connectivity index (χ0v) is 16.6. The van der Waals surface area contributed by atoms with Crippen molar-refractivity contribution in [2.24, 2.45) is 0 Å². The van der Waals surface area contributed by atoms with Gasteiger partial charge in [0.15, 0.2) is 0 Å². The van der Waals surface area contributed by atoms with Gasteiger partial charge in [0.05, 0.1) is 15.9 Å². The third-order valence-corrected chi connectivity index (χ3v) is 5.53. The van der Waals surface area contributed by atoms with E-state index in [1.807, 2.05) is 20.8 Å². The third kappa shape index (κ3) is 3.29. The Morgan fingerprint density at radius 3 is 2.57 bits per heavy atom. The van der Waals surface area contributed by atoms with Crippen LogP contribution in [0.25, 0.3) is 15.3 Å². The fraction of sp³-hybridized carbons (Fsp3) is 0.316. The standard InChI is InChI=1S/C19H19N5O3S/c1-10-6-11(2)18-13(7-10)28-19(21-18)24-14(8-12(3)22-24)20-15(25)9-23-16(26)4-5-17(23)27/h6-8H,4-5,9H2,1-3H3,(H,20,25). The highest BCUT2D eigenvalue weighted by Crippen LogP contribution is 2.30. The van der Waals surface area contributed by atoms with Crippen LogP contribution < -0.4 is 5.32 Å². The van der Waals surface area contributed by atoms with Crippen molar-refractivity contribution >= 4 is 45.1 Å². The molecular formula is C19H19N5O3S. The van der Waals surface area contributed by atoms with Gasteiger partial charge in [-0.05, 0) is 38.0 Å². The van der Waals surface area contributed by atoms with E-state index in [2.05, 4.69) is 27.5 Å². The van der Waals surface area contributed by atoms with E-state index < -0.39 is 5.91 Å². The Kier molecular flexibility index (Phi) is 4.46. The van der Waals surface area contributed by atoms with Gasteiger partial charge < -0.3 is 5.32 Å². The molecule has 0 radical (unpaired) electrons. The molecule has 0 saturated carbocycles. The number of aryl methyl sites for hydroxylation is 3. The monoisotopic (exact) mass is 397 g/mol. The smallest absolute Gasteiger partial charge is 0.245 e. The fourth-order valence-corrected chi connectivity index (χ4v) is 4.42. The Balaban J connectivity index is 1.62. The number of fused-ring (bicyclic) bond motifs is 1. The molecule has 0 bridgehead atoms. The maximum Gasteiger partial charge on any atom is 0.245 e. The molecule has 28 heavy (non-hydrogen) atoms. The largest absolute Gasteiger partial charge is 0.309 e. The molecule has 1 fully saturated rings. The minimum Gasteiger partial charge on any atom is -0.309 e. The van der Waals surface area contributed by atoms with Crippen molar-refractivity contribution in [3.05, 3.63) is 35.0 Å². The van der Waals surface area contributed by atoms with Gasteiger partial charge in [-0.15, -0.1) is 0 Å². The first kappa shape index (κ1) is 18.3. The summed E-state index contributed by atoms with van der Waals surface area (Å²) in [6.45, 7) is 5.58. The molecular weight excluding hydrogens is 378 g/mol. The van der Waals surface area contributed by atoms with Crippen LogP contribution in [0.5, 0.6) is 0 Å². The normalized spacial score (nSPS) is 14.3. The summed E-state index contributed by atoms with van der Waals surface area (Å²) in [4.78, 5) is 41.5. The highest BCUT2D eigenvalue weighted by atomic mass is 32.1. The number of benzene rings is 1. The van der Waals surface area contributed by atoms with Crippen molar-refractivity contribution in [1.29, 1.82) is 0 Å². The lowest BCUT2D eigenvalue weighted by Gasteiger charge is -2.13. The van der Waals surface area contributed by atoms with Crippen molar-refractivity contribution in [2.75, 3.05) is 11.9 Å². The zero-order chi connectivity index (χ0) is 20.0. The predicted molar refractivity (Wildman–Crippen MR) is 106 cm³/mol. The average Bonchev–Trinajstić information content (AvgIpc) is 3.28. The first-order chi connectivity index (χ1) is 13.3. The summed E-state index contributed by atoms with van der Waals surface area (Å²) in [7, 11) is 0. The minimum absolute atomic E-state index is 0.160. The van der Waals surface area contributed by atoms with Gasteiger partial charge in [-0.3, -0.25) is 19.3 Å². The van der Waals surface area contributed by atoms with E-state index in [0.29, 0.717) is 10.9 Å². The highest BCUT2D eigenvalue weighted by Gasteiger charge is 2.30. The summed E-state index contributed by atoms with van der Waals surface area (Å²) in [5.41, 5.74) is 3.86. The molecule has 0 spiro atoms. The summed E-state index contributed by atoms with van der Waals surface area (Å²) < 4.78 is 2.63. The maximum absolute atomic E-state index is 12.4. The number of nitrogens with zero attached hydrogens (tertiary/aromatic N) is 4. The summed E-state index contributed by atoms with van der Waals surface area (Å²) in [5.74, 6) is -0.628. The first-order valence-corrected chi connectivity index (χ1v) is 9.71. The Hall–Kier alpha value is -3.07. The number of hydrogen-bond acceptors (Lipinski definition) is 6. The molecule has 3 aromatic rings. The van der Waals surface area contributed by atoms with Gasteiger partial charge in [0, 0.05) is 18.9 Å². The maximum atomic E-state index is 12.4. The van der Waals surface area contributed by atoms with Gasteiger partial charge in [0.1, 0.15) is 12.4 Å². The molecule has 1 aliphatic heterocycles. The van der Waals surface area contributed by atoms with E-state index in [-0.39, 0.29) is 31.2 Å². The van der Waals surface area contributed by atoms with E-state index in [0.717, 1.165) is 31.9 Å². The lowest BCUT2D eigenvalue weighted by molar-refractivity contribution is -0.141. The Bertz CT molecular complexity index is 1110. The second kappa shape index (κ2) is 6.83. The van der Waals surface area contributed by atoms with E-state index in [9.17, 15) is 14.4 Å². The molecule has 2 aromatic heterocycles. The second-order valence-corrected chi connectivity index (χ2v) is 7.94. The summed E-state index contributed by atoms with van der Waals surface area (Å²) in [6.07, 6.45) is 0.321. The molecule has 1 saturated heterocycles. The van der Waals surface area contributed by atoms with Gasteiger partial charge in [-0.25, -0.2) is 4.98 Å². The number of anilines is 1. The van der Waals surface area contributed by atoms with Gasteiger partial charge in [0.2, 0.25) is 22.9 Å². The second-order valence-electron chi connectivity index (χ2n) is 6.93. The lowest BCUT2D eigenvalue weighted by atomic mass is 10.1. The van der Waals surface area contributed by atoms with Crippen LogP contribution in [-0.2, 0) is 14.4 Å². The predicted octanol–water partition coefficient (Wildman–Crippen LogP) is 2.49. The molecule has 0 atom stereocenters. The van der Waals surface area contributed by atoms with Crippen LogP contribution in [0.15, 0.2) is 18.2 Å². The quantitative estimate of drug-likeness (QED) is 0.682. The summed E-state index contributed by atoms with van der Waals surface area (Å²) in [6, 6.07) is 5.88. The minimum atomic E-state index is -0.446. The van der Waals surface area contributed by atoms with Gasteiger partial charge in [-0.2, -0.15) is 9.78 Å². The Labute approximate surface area is 165 Å². The van der Waals surface area contributed by atoms with Crippen LogP contribution in [0.3, 0.4) is 0 Å². The number of imide groups is 1. The van der Waals surface area contributed by atoms with Crippen molar-refractivity contribution in [2.45, 2.75) is 33.6 Å². The molecule has 4 rings (SSSR count). The van der Waals surface area contributed by atoms with Crippen LogP contribution in [0.4, 0.5) is 5.82 Å². The van der Waals surface area contributed by atoms with Crippen LogP contribution in [-0.4, -0.2) is 43.9 Å². The van der Waals surface area contributed by atoms with Crippen LogP contribution in [0.1, 0.15) is 29.7 Å². The molecule has 144 valence electrons. The first-order valence-electron chi connectivity index (χ1n) is 8.89. The van der Waals surface area contributed by atoms with Crippen LogP contribution in [0, 0.1) is 20.8 Å². The van der Waals surface area contributed by atoms with E-state index in [1.54, 1.807) is 10.7 Å². The lowest BCUT2D eigenvalue weighted by Crippen LogP contribution is -2.37. The van der Waals surface area contributed by atoms with Crippen molar-refractivity contribution in [3.63, 3.8) is 0 Å². The molecule has 1 N–H and O–H groups in total. The van der Waals surface area contributed by atoms with Crippen molar-refractivity contribution in [1.82, 2.24) is 19.7 Å². The molecule has 3 amide bonds. The zero-order valence-electron chi connectivity index (χ0n) is 15.8. The highest BCUT2D eigenvalue weighted by molar-refractivity contribution is 7.20. The van der Waals surface area contributed by atoms with E-state index in [1.165, 1.54) is 11.3 Å². The van der Waals surface area contributed by atoms with Crippen LogP contribution in [0.2, 0.25) is 0 Å². The number of thiazole rings is 1.